The van der Waals surface area contributed by atoms with Crippen LogP contribution in [0.15, 0.2) is 52.5 Å². The summed E-state index contributed by atoms with van der Waals surface area (Å²) in [6, 6.07) is 13.8. The number of nitrogens with zero attached hydrogens (tertiary/aromatic N) is 4. The third-order valence-corrected chi connectivity index (χ3v) is 6.92. The number of rotatable bonds is 5. The zero-order valence-corrected chi connectivity index (χ0v) is 17.2. The summed E-state index contributed by atoms with van der Waals surface area (Å²) in [5.74, 6) is 0.323. The van der Waals surface area contributed by atoms with Crippen molar-refractivity contribution in [2.45, 2.75) is 4.90 Å². The molecule has 2 aromatic carbocycles. The van der Waals surface area contributed by atoms with Crippen molar-refractivity contribution in [3.63, 3.8) is 0 Å². The Morgan fingerprint density at radius 1 is 1.27 bits per heavy atom. The normalized spacial score (nSPS) is 15.8. The lowest BCUT2D eigenvalue weighted by Gasteiger charge is -2.26. The highest BCUT2D eigenvalue weighted by atomic mass is 35.5. The Morgan fingerprint density at radius 3 is 2.73 bits per heavy atom. The van der Waals surface area contributed by atoms with E-state index in [1.54, 1.807) is 0 Å². The molecule has 1 aliphatic heterocycles. The Kier molecular flexibility index (Phi) is 5.69. The van der Waals surface area contributed by atoms with Crippen LogP contribution in [-0.4, -0.2) is 54.7 Å². The SMILES string of the molecule is N#C/C(=N\Nc1ccc(S(=O)(=O)N2CCOCC2)c(Cl)c1)c1nc2ccccc2[nH]1. The molecule has 0 amide bonds. The largest absolute Gasteiger partial charge is 0.379 e. The number of para-hydroxylation sites is 2. The van der Waals surface area contributed by atoms with Gasteiger partial charge < -0.3 is 9.72 Å². The van der Waals surface area contributed by atoms with Gasteiger partial charge in [-0.15, -0.1) is 0 Å². The van der Waals surface area contributed by atoms with Crippen molar-refractivity contribution in [1.82, 2.24) is 14.3 Å². The molecule has 1 fully saturated rings. The molecule has 0 radical (unpaired) electrons. The van der Waals surface area contributed by atoms with E-state index in [9.17, 15) is 13.7 Å². The Morgan fingerprint density at radius 2 is 2.03 bits per heavy atom. The molecule has 0 saturated carbocycles. The lowest BCUT2D eigenvalue weighted by molar-refractivity contribution is 0.0730. The molecule has 3 aromatic rings. The van der Waals surface area contributed by atoms with Crippen LogP contribution in [0, 0.1) is 11.3 Å². The van der Waals surface area contributed by atoms with Gasteiger partial charge in [0.2, 0.25) is 15.7 Å². The van der Waals surface area contributed by atoms with Crippen LogP contribution in [0.4, 0.5) is 5.69 Å². The molecule has 154 valence electrons. The number of ether oxygens (including phenoxy) is 1. The number of hydrogen-bond donors (Lipinski definition) is 2. The van der Waals surface area contributed by atoms with Crippen molar-refractivity contribution in [3.05, 3.63) is 53.3 Å². The first kappa shape index (κ1) is 20.3. The second kappa shape index (κ2) is 8.41. The average Bonchev–Trinajstić information content (AvgIpc) is 3.18. The van der Waals surface area contributed by atoms with Gasteiger partial charge in [0, 0.05) is 13.1 Å². The quantitative estimate of drug-likeness (QED) is 0.460. The van der Waals surface area contributed by atoms with Gasteiger partial charge in [-0.2, -0.15) is 14.7 Å². The minimum atomic E-state index is -3.71. The van der Waals surface area contributed by atoms with Gasteiger partial charge in [-0.25, -0.2) is 13.4 Å². The second-order valence-corrected chi connectivity index (χ2v) is 8.76. The first-order valence-corrected chi connectivity index (χ1v) is 10.9. The first-order valence-electron chi connectivity index (χ1n) is 9.05. The summed E-state index contributed by atoms with van der Waals surface area (Å²) in [5, 5.41) is 13.6. The molecule has 0 unspecified atom stereocenters. The fourth-order valence-electron chi connectivity index (χ4n) is 3.02. The maximum Gasteiger partial charge on any atom is 0.244 e. The number of benzene rings is 2. The van der Waals surface area contributed by atoms with Crippen LogP contribution >= 0.6 is 11.6 Å². The van der Waals surface area contributed by atoms with Gasteiger partial charge in [0.1, 0.15) is 11.0 Å². The molecular weight excluding hydrogens is 428 g/mol. The number of aromatic amines is 1. The minimum absolute atomic E-state index is 0.0124. The molecule has 0 spiro atoms. The number of sulfonamides is 1. The van der Waals surface area contributed by atoms with E-state index in [0.29, 0.717) is 24.7 Å². The van der Waals surface area contributed by atoms with Gasteiger partial charge in [-0.05, 0) is 30.3 Å². The molecule has 2 heterocycles. The Balaban J connectivity index is 1.56. The summed E-state index contributed by atoms with van der Waals surface area (Å²) < 4.78 is 32.1. The summed E-state index contributed by atoms with van der Waals surface area (Å²) in [6.45, 7) is 1.27. The maximum absolute atomic E-state index is 12.8. The van der Waals surface area contributed by atoms with Crippen LogP contribution in [0.25, 0.3) is 11.0 Å². The Bertz CT molecular complexity index is 1230. The van der Waals surface area contributed by atoms with E-state index in [-0.39, 0.29) is 28.7 Å². The molecule has 0 atom stereocenters. The van der Waals surface area contributed by atoms with Crippen LogP contribution in [0.3, 0.4) is 0 Å². The van der Waals surface area contributed by atoms with Crippen LogP contribution in [0.5, 0.6) is 0 Å². The summed E-state index contributed by atoms with van der Waals surface area (Å²) in [4.78, 5) is 7.39. The van der Waals surface area contributed by atoms with Crippen molar-refractivity contribution < 1.29 is 13.2 Å². The highest BCUT2D eigenvalue weighted by molar-refractivity contribution is 7.89. The third-order valence-electron chi connectivity index (χ3n) is 4.54. The van der Waals surface area contributed by atoms with E-state index >= 15 is 0 Å². The zero-order chi connectivity index (χ0) is 21.1. The van der Waals surface area contributed by atoms with Gasteiger partial charge in [0.15, 0.2) is 5.82 Å². The van der Waals surface area contributed by atoms with Crippen molar-refractivity contribution in [3.8, 4) is 6.07 Å². The molecule has 0 aliphatic carbocycles. The molecule has 0 bridgehead atoms. The number of nitrogens with one attached hydrogen (secondary N) is 2. The van der Waals surface area contributed by atoms with Crippen molar-refractivity contribution in [2.24, 2.45) is 5.10 Å². The molecular formula is C19H17ClN6O3S. The van der Waals surface area contributed by atoms with Crippen LogP contribution in [0.2, 0.25) is 5.02 Å². The van der Waals surface area contributed by atoms with Crippen molar-refractivity contribution in [1.29, 1.82) is 5.26 Å². The molecule has 2 N–H and O–H groups in total. The molecule has 9 nitrogen and oxygen atoms in total. The van der Waals surface area contributed by atoms with E-state index < -0.39 is 10.0 Å². The van der Waals surface area contributed by atoms with Gasteiger partial charge in [0.25, 0.3) is 0 Å². The maximum atomic E-state index is 12.8. The predicted molar refractivity (Wildman–Crippen MR) is 113 cm³/mol. The molecule has 4 rings (SSSR count). The highest BCUT2D eigenvalue weighted by Gasteiger charge is 2.28. The number of nitriles is 1. The summed E-state index contributed by atoms with van der Waals surface area (Å²) >= 11 is 6.24. The number of aromatic nitrogens is 2. The van der Waals surface area contributed by atoms with Crippen LogP contribution in [-0.2, 0) is 14.8 Å². The summed E-state index contributed by atoms with van der Waals surface area (Å²) in [5.41, 5.74) is 4.72. The van der Waals surface area contributed by atoms with Crippen LogP contribution < -0.4 is 5.43 Å². The second-order valence-electron chi connectivity index (χ2n) is 6.45. The number of halogens is 1. The fourth-order valence-corrected chi connectivity index (χ4v) is 4.95. The Hall–Kier alpha value is -2.97. The highest BCUT2D eigenvalue weighted by Crippen LogP contribution is 2.28. The molecule has 1 saturated heterocycles. The topological polar surface area (TPSA) is 123 Å². The van der Waals surface area contributed by atoms with Gasteiger partial charge >= 0.3 is 0 Å². The Labute approximate surface area is 178 Å². The number of fused-ring (bicyclic) bond motifs is 1. The lowest BCUT2D eigenvalue weighted by Crippen LogP contribution is -2.40. The predicted octanol–water partition coefficient (Wildman–Crippen LogP) is 2.58. The lowest BCUT2D eigenvalue weighted by atomic mass is 10.3. The smallest absolute Gasteiger partial charge is 0.244 e. The monoisotopic (exact) mass is 444 g/mol. The molecule has 11 heteroatoms. The molecule has 1 aliphatic rings. The summed E-state index contributed by atoms with van der Waals surface area (Å²) in [6.07, 6.45) is 0. The third kappa shape index (κ3) is 4.01. The van der Waals surface area contributed by atoms with Crippen LogP contribution in [0.1, 0.15) is 5.82 Å². The van der Waals surface area contributed by atoms with E-state index in [4.69, 9.17) is 16.3 Å². The average molecular weight is 445 g/mol. The fraction of sp³-hybridized carbons (Fsp3) is 0.211. The van der Waals surface area contributed by atoms with E-state index in [2.05, 4.69) is 20.5 Å². The first-order chi connectivity index (χ1) is 14.5. The zero-order valence-electron chi connectivity index (χ0n) is 15.7. The van der Waals surface area contributed by atoms with E-state index in [1.165, 1.54) is 22.5 Å². The molecule has 30 heavy (non-hydrogen) atoms. The number of morpholine rings is 1. The number of hydrogen-bond acceptors (Lipinski definition) is 7. The number of hydrazone groups is 1. The van der Waals surface area contributed by atoms with Gasteiger partial charge in [0.05, 0.1) is 35.0 Å². The van der Waals surface area contributed by atoms with Gasteiger partial charge in [-0.1, -0.05) is 23.7 Å². The standard InChI is InChI=1S/C19H17ClN6O3S/c20-14-11-13(5-6-18(14)30(27,28)26-7-9-29-10-8-26)24-25-17(12-21)19-22-15-3-1-2-4-16(15)23-19/h1-6,11,24H,7-10H2,(H,22,23)/b25-17+. The number of imidazole rings is 1. The van der Waals surface area contributed by atoms with Crippen molar-refractivity contribution >= 4 is 44.1 Å². The number of anilines is 1. The minimum Gasteiger partial charge on any atom is -0.379 e. The molecule has 1 aromatic heterocycles. The van der Waals surface area contributed by atoms with Crippen molar-refractivity contribution in [2.75, 3.05) is 31.7 Å². The van der Waals surface area contributed by atoms with E-state index in [0.717, 1.165) is 11.0 Å². The van der Waals surface area contributed by atoms with Gasteiger partial charge in [-0.3, -0.25) is 5.43 Å². The van der Waals surface area contributed by atoms with E-state index in [1.807, 2.05) is 30.3 Å². The number of H-pyrrole nitrogens is 1. The summed E-state index contributed by atoms with van der Waals surface area (Å²) in [7, 11) is -3.71.